The largest absolute Gasteiger partial charge is 0.497 e. The van der Waals surface area contributed by atoms with Crippen LogP contribution in [0.3, 0.4) is 0 Å². The van der Waals surface area contributed by atoms with E-state index in [1.807, 2.05) is 0 Å². The zero-order valence-corrected chi connectivity index (χ0v) is 13.5. The van der Waals surface area contributed by atoms with Gasteiger partial charge in [-0.25, -0.2) is 0 Å². The molecule has 0 spiro atoms. The van der Waals surface area contributed by atoms with Crippen LogP contribution in [0.2, 0.25) is 0 Å². The van der Waals surface area contributed by atoms with Gasteiger partial charge in [-0.05, 0) is 32.0 Å². The molecule has 0 saturated heterocycles. The summed E-state index contributed by atoms with van der Waals surface area (Å²) in [6.45, 7) is 3.52. The molecule has 7 heteroatoms. The summed E-state index contributed by atoms with van der Waals surface area (Å²) in [5.41, 5.74) is 0.388. The topological polar surface area (TPSA) is 95.9 Å². The number of benzene rings is 1. The predicted molar refractivity (Wildman–Crippen MR) is 84.4 cm³/mol. The van der Waals surface area contributed by atoms with Crippen LogP contribution >= 0.6 is 0 Å². The molecular formula is C16H22N2O5. The van der Waals surface area contributed by atoms with Crippen molar-refractivity contribution in [2.24, 2.45) is 0 Å². The first-order valence-corrected chi connectivity index (χ1v) is 7.28. The van der Waals surface area contributed by atoms with Gasteiger partial charge in [0.1, 0.15) is 5.75 Å². The van der Waals surface area contributed by atoms with Crippen LogP contribution in [-0.2, 0) is 9.59 Å². The highest BCUT2D eigenvalue weighted by atomic mass is 16.5. The van der Waals surface area contributed by atoms with Crippen molar-refractivity contribution in [2.45, 2.75) is 26.3 Å². The van der Waals surface area contributed by atoms with Gasteiger partial charge in [-0.15, -0.1) is 0 Å². The number of ether oxygens (including phenoxy) is 1. The maximum Gasteiger partial charge on any atom is 0.305 e. The summed E-state index contributed by atoms with van der Waals surface area (Å²) in [6, 6.07) is 6.45. The number of carboxylic acid groups (broad SMARTS) is 1. The fourth-order valence-corrected chi connectivity index (χ4v) is 2.01. The van der Waals surface area contributed by atoms with Gasteiger partial charge in [0.15, 0.2) is 0 Å². The number of rotatable bonds is 8. The predicted octanol–water partition coefficient (Wildman–Crippen LogP) is 1.14. The van der Waals surface area contributed by atoms with E-state index in [0.29, 0.717) is 11.3 Å². The van der Waals surface area contributed by atoms with E-state index in [-0.39, 0.29) is 37.4 Å². The van der Waals surface area contributed by atoms with Crippen LogP contribution < -0.4 is 10.1 Å². The van der Waals surface area contributed by atoms with E-state index in [9.17, 15) is 14.4 Å². The minimum absolute atomic E-state index is 0.112. The van der Waals surface area contributed by atoms with Crippen molar-refractivity contribution in [2.75, 3.05) is 20.2 Å². The molecule has 23 heavy (non-hydrogen) atoms. The molecule has 0 radical (unpaired) electrons. The number of carbonyl (C=O) groups is 3. The van der Waals surface area contributed by atoms with Crippen LogP contribution in [0.15, 0.2) is 24.3 Å². The summed E-state index contributed by atoms with van der Waals surface area (Å²) < 4.78 is 5.04. The Kier molecular flexibility index (Phi) is 7.05. The van der Waals surface area contributed by atoms with Crippen LogP contribution in [0, 0.1) is 0 Å². The molecule has 1 rings (SSSR count). The van der Waals surface area contributed by atoms with Crippen LogP contribution in [0.25, 0.3) is 0 Å². The van der Waals surface area contributed by atoms with E-state index < -0.39 is 5.97 Å². The van der Waals surface area contributed by atoms with E-state index >= 15 is 0 Å². The number of methoxy groups -OCH3 is 1. The van der Waals surface area contributed by atoms with Crippen molar-refractivity contribution in [1.29, 1.82) is 0 Å². The van der Waals surface area contributed by atoms with Crippen molar-refractivity contribution >= 4 is 17.8 Å². The second-order valence-electron chi connectivity index (χ2n) is 5.24. The highest BCUT2D eigenvalue weighted by Crippen LogP contribution is 2.12. The third-order valence-corrected chi connectivity index (χ3v) is 3.24. The van der Waals surface area contributed by atoms with E-state index in [2.05, 4.69) is 5.32 Å². The van der Waals surface area contributed by atoms with Crippen molar-refractivity contribution in [3.05, 3.63) is 29.8 Å². The summed E-state index contributed by atoms with van der Waals surface area (Å²) in [6.07, 6.45) is -0.131. The third kappa shape index (κ3) is 5.98. The fourth-order valence-electron chi connectivity index (χ4n) is 2.01. The van der Waals surface area contributed by atoms with Crippen LogP contribution in [0.4, 0.5) is 0 Å². The summed E-state index contributed by atoms with van der Waals surface area (Å²) in [4.78, 5) is 36.3. The number of carboxylic acids is 1. The molecule has 0 heterocycles. The Morgan fingerprint density at radius 3 is 2.57 bits per heavy atom. The van der Waals surface area contributed by atoms with Crippen molar-refractivity contribution in [3.63, 3.8) is 0 Å². The zero-order valence-electron chi connectivity index (χ0n) is 13.5. The van der Waals surface area contributed by atoms with Gasteiger partial charge in [0, 0.05) is 18.2 Å². The van der Waals surface area contributed by atoms with Gasteiger partial charge in [0.2, 0.25) is 5.91 Å². The Bertz CT molecular complexity index is 571. The smallest absolute Gasteiger partial charge is 0.305 e. The summed E-state index contributed by atoms with van der Waals surface area (Å²) in [5, 5.41) is 11.3. The molecule has 7 nitrogen and oxygen atoms in total. The standard InChI is InChI=1S/C16H22N2O5/c1-11(2)18(8-7-15(20)21)14(19)10-17-16(22)12-5-4-6-13(9-12)23-3/h4-6,9,11H,7-8,10H2,1-3H3,(H,17,22)(H,20,21). The number of nitrogens with zero attached hydrogens (tertiary/aromatic N) is 1. The average molecular weight is 322 g/mol. The molecular weight excluding hydrogens is 300 g/mol. The van der Waals surface area contributed by atoms with Crippen molar-refractivity contribution < 1.29 is 24.2 Å². The Labute approximate surface area is 135 Å². The quantitative estimate of drug-likeness (QED) is 0.748. The maximum absolute atomic E-state index is 12.1. The molecule has 0 fully saturated rings. The normalized spacial score (nSPS) is 10.3. The second kappa shape index (κ2) is 8.77. The minimum atomic E-state index is -0.969. The lowest BCUT2D eigenvalue weighted by Crippen LogP contribution is -2.44. The van der Waals surface area contributed by atoms with E-state index in [1.165, 1.54) is 12.0 Å². The molecule has 0 unspecified atom stereocenters. The highest BCUT2D eigenvalue weighted by Gasteiger charge is 2.18. The van der Waals surface area contributed by atoms with Gasteiger partial charge in [0.25, 0.3) is 5.91 Å². The summed E-state index contributed by atoms with van der Waals surface area (Å²) >= 11 is 0. The number of hydrogen-bond donors (Lipinski definition) is 2. The Hall–Kier alpha value is -2.57. The maximum atomic E-state index is 12.1. The first-order chi connectivity index (χ1) is 10.8. The van der Waals surface area contributed by atoms with Gasteiger partial charge in [-0.2, -0.15) is 0 Å². The zero-order chi connectivity index (χ0) is 17.4. The lowest BCUT2D eigenvalue weighted by Gasteiger charge is -2.26. The molecule has 1 aromatic carbocycles. The molecule has 0 aliphatic rings. The molecule has 1 aromatic rings. The third-order valence-electron chi connectivity index (χ3n) is 3.24. The average Bonchev–Trinajstić information content (AvgIpc) is 2.52. The molecule has 0 bridgehead atoms. The molecule has 0 aliphatic carbocycles. The highest BCUT2D eigenvalue weighted by molar-refractivity contribution is 5.96. The Balaban J connectivity index is 2.61. The molecule has 126 valence electrons. The van der Waals surface area contributed by atoms with Gasteiger partial charge >= 0.3 is 5.97 Å². The molecule has 0 saturated carbocycles. The van der Waals surface area contributed by atoms with Crippen LogP contribution in [0.5, 0.6) is 5.75 Å². The molecule has 0 atom stereocenters. The fraction of sp³-hybridized carbons (Fsp3) is 0.438. The van der Waals surface area contributed by atoms with Gasteiger partial charge < -0.3 is 20.1 Å². The SMILES string of the molecule is COc1cccc(C(=O)NCC(=O)N(CCC(=O)O)C(C)C)c1. The Morgan fingerprint density at radius 1 is 1.30 bits per heavy atom. The lowest BCUT2D eigenvalue weighted by atomic mass is 10.2. The van der Waals surface area contributed by atoms with Crippen LogP contribution in [-0.4, -0.2) is 54.0 Å². The molecule has 0 aromatic heterocycles. The molecule has 0 aliphatic heterocycles. The minimum Gasteiger partial charge on any atom is -0.497 e. The van der Waals surface area contributed by atoms with Crippen molar-refractivity contribution in [1.82, 2.24) is 10.2 Å². The number of amides is 2. The van der Waals surface area contributed by atoms with Gasteiger partial charge in [-0.1, -0.05) is 6.07 Å². The first kappa shape index (κ1) is 18.5. The monoisotopic (exact) mass is 322 g/mol. The number of carbonyl (C=O) groups excluding carboxylic acids is 2. The van der Waals surface area contributed by atoms with Gasteiger partial charge in [-0.3, -0.25) is 14.4 Å². The number of hydrogen-bond acceptors (Lipinski definition) is 4. The number of nitrogens with one attached hydrogen (secondary N) is 1. The Morgan fingerprint density at radius 2 is 2.00 bits per heavy atom. The first-order valence-electron chi connectivity index (χ1n) is 7.28. The molecule has 2 amide bonds. The molecule has 2 N–H and O–H groups in total. The van der Waals surface area contributed by atoms with Gasteiger partial charge in [0.05, 0.1) is 20.1 Å². The van der Waals surface area contributed by atoms with Crippen molar-refractivity contribution in [3.8, 4) is 5.75 Å². The summed E-state index contributed by atoms with van der Waals surface area (Å²) in [7, 11) is 1.50. The van der Waals surface area contributed by atoms with E-state index in [4.69, 9.17) is 9.84 Å². The lowest BCUT2D eigenvalue weighted by molar-refractivity contribution is -0.138. The second-order valence-corrected chi connectivity index (χ2v) is 5.24. The summed E-state index contributed by atoms with van der Waals surface area (Å²) in [5.74, 6) is -1.13. The van der Waals surface area contributed by atoms with Crippen LogP contribution in [0.1, 0.15) is 30.6 Å². The van der Waals surface area contributed by atoms with E-state index in [0.717, 1.165) is 0 Å². The van der Waals surface area contributed by atoms with E-state index in [1.54, 1.807) is 38.1 Å². The number of aliphatic carboxylic acids is 1.